The number of carbonyl (C=O) groups excluding carboxylic acids is 1. The fourth-order valence-corrected chi connectivity index (χ4v) is 5.44. The third-order valence-electron chi connectivity index (χ3n) is 6.33. The molecule has 3 aromatic carbocycles. The third-order valence-corrected chi connectivity index (χ3v) is 8.31. The van der Waals surface area contributed by atoms with Gasteiger partial charge in [0, 0.05) is 24.4 Å². The van der Waals surface area contributed by atoms with Crippen LogP contribution in [0.5, 0.6) is 5.75 Å². The van der Waals surface area contributed by atoms with Gasteiger partial charge in [0.15, 0.2) is 21.3 Å². The molecule has 0 N–H and O–H groups in total. The van der Waals surface area contributed by atoms with Gasteiger partial charge in [0.1, 0.15) is 11.5 Å². The maximum atomic E-state index is 12.6. The van der Waals surface area contributed by atoms with Crippen molar-refractivity contribution in [2.24, 2.45) is 0 Å². The van der Waals surface area contributed by atoms with E-state index in [1.54, 1.807) is 31.2 Å². The number of hydrogen-bond donors (Lipinski definition) is 0. The standard InChI is InChI=1S/C29H31ClN2O4S/c1-5-32-27-19-22(30)11-16-26(27)31-28(32)29(3,4)36-24-12-7-20(8-13-24)17-23(33)18-21-9-14-25(15-10-21)37(34,35)6-2/h7-16,19H,5-6,17-18H2,1-4H3. The largest absolute Gasteiger partial charge is 0.480 e. The van der Waals surface area contributed by atoms with Crippen molar-refractivity contribution in [2.45, 2.75) is 57.6 Å². The van der Waals surface area contributed by atoms with Crippen LogP contribution in [0, 0.1) is 0 Å². The molecule has 0 saturated carbocycles. The Labute approximate surface area is 223 Å². The van der Waals surface area contributed by atoms with Gasteiger partial charge < -0.3 is 9.30 Å². The molecule has 0 saturated heterocycles. The molecule has 0 radical (unpaired) electrons. The highest BCUT2D eigenvalue weighted by atomic mass is 35.5. The molecule has 0 atom stereocenters. The van der Waals surface area contributed by atoms with Crippen LogP contribution in [0.15, 0.2) is 71.6 Å². The SMILES string of the molecule is CCn1c(C(C)(C)Oc2ccc(CC(=O)Cc3ccc(S(=O)(=O)CC)cc3)cc2)nc2ccc(Cl)cc21. The minimum Gasteiger partial charge on any atom is -0.480 e. The van der Waals surface area contributed by atoms with E-state index in [1.807, 2.05) is 56.3 Å². The molecule has 0 bridgehead atoms. The van der Waals surface area contributed by atoms with Gasteiger partial charge in [-0.2, -0.15) is 0 Å². The minimum atomic E-state index is -3.25. The number of aryl methyl sites for hydroxylation is 1. The molecule has 0 unspecified atom stereocenters. The molecule has 0 spiro atoms. The second-order valence-corrected chi connectivity index (χ2v) is 12.2. The Bertz CT molecular complexity index is 1520. The van der Waals surface area contributed by atoms with E-state index < -0.39 is 15.4 Å². The smallest absolute Gasteiger partial charge is 0.178 e. The van der Waals surface area contributed by atoms with E-state index in [0.29, 0.717) is 10.8 Å². The molecule has 4 aromatic rings. The lowest BCUT2D eigenvalue weighted by molar-refractivity contribution is -0.117. The van der Waals surface area contributed by atoms with E-state index in [0.717, 1.165) is 34.5 Å². The topological polar surface area (TPSA) is 78.3 Å². The van der Waals surface area contributed by atoms with E-state index in [-0.39, 0.29) is 29.3 Å². The molecular weight excluding hydrogens is 508 g/mol. The molecular formula is C29H31ClN2O4S. The number of hydrogen-bond acceptors (Lipinski definition) is 5. The number of ketones is 1. The highest BCUT2D eigenvalue weighted by Gasteiger charge is 2.29. The second kappa shape index (κ2) is 10.7. The number of fused-ring (bicyclic) bond motifs is 1. The summed E-state index contributed by atoms with van der Waals surface area (Å²) in [6.45, 7) is 8.38. The summed E-state index contributed by atoms with van der Waals surface area (Å²) in [5.74, 6) is 1.59. The summed E-state index contributed by atoms with van der Waals surface area (Å²) in [7, 11) is -3.25. The molecule has 0 aliphatic heterocycles. The quantitative estimate of drug-likeness (QED) is 0.241. The number of imidazole rings is 1. The molecule has 0 aliphatic rings. The zero-order chi connectivity index (χ0) is 26.8. The summed E-state index contributed by atoms with van der Waals surface area (Å²) in [5, 5.41) is 0.666. The van der Waals surface area contributed by atoms with Crippen LogP contribution in [0.3, 0.4) is 0 Å². The average molecular weight is 539 g/mol. The number of carbonyl (C=O) groups is 1. The van der Waals surface area contributed by atoms with Crippen molar-refractivity contribution in [1.82, 2.24) is 9.55 Å². The molecule has 37 heavy (non-hydrogen) atoms. The molecule has 0 aliphatic carbocycles. The maximum Gasteiger partial charge on any atom is 0.178 e. The normalized spacial score (nSPS) is 12.1. The lowest BCUT2D eigenvalue weighted by Crippen LogP contribution is -2.29. The van der Waals surface area contributed by atoms with Crippen molar-refractivity contribution in [2.75, 3.05) is 5.75 Å². The first-order chi connectivity index (χ1) is 17.5. The summed E-state index contributed by atoms with van der Waals surface area (Å²) in [5.41, 5.74) is 2.82. The number of Topliss-reactive ketones (excluding diaryl/α,β-unsaturated/α-hetero) is 1. The highest BCUT2D eigenvalue weighted by Crippen LogP contribution is 2.31. The van der Waals surface area contributed by atoms with Gasteiger partial charge in [-0.25, -0.2) is 13.4 Å². The number of sulfone groups is 1. The molecule has 1 heterocycles. The van der Waals surface area contributed by atoms with Crippen LogP contribution in [-0.2, 0) is 39.6 Å². The number of benzene rings is 3. The van der Waals surface area contributed by atoms with Gasteiger partial charge in [-0.1, -0.05) is 42.8 Å². The van der Waals surface area contributed by atoms with Crippen LogP contribution >= 0.6 is 11.6 Å². The summed E-state index contributed by atoms with van der Waals surface area (Å²) in [4.78, 5) is 17.7. The van der Waals surface area contributed by atoms with Gasteiger partial charge in [-0.3, -0.25) is 4.79 Å². The first kappa shape index (κ1) is 26.9. The Kier molecular flexibility index (Phi) is 7.76. The van der Waals surface area contributed by atoms with E-state index in [9.17, 15) is 13.2 Å². The molecule has 6 nitrogen and oxygen atoms in total. The molecule has 0 amide bonds. The van der Waals surface area contributed by atoms with Crippen LogP contribution in [0.2, 0.25) is 5.02 Å². The predicted octanol–water partition coefficient (Wildman–Crippen LogP) is 6.17. The number of aromatic nitrogens is 2. The van der Waals surface area contributed by atoms with Crippen LogP contribution in [-0.4, -0.2) is 29.5 Å². The minimum absolute atomic E-state index is 0.0513. The number of nitrogens with zero attached hydrogens (tertiary/aromatic N) is 2. The van der Waals surface area contributed by atoms with E-state index in [2.05, 4.69) is 11.5 Å². The van der Waals surface area contributed by atoms with Crippen molar-refractivity contribution in [3.63, 3.8) is 0 Å². The Morgan fingerprint density at radius 3 is 2.11 bits per heavy atom. The number of ether oxygens (including phenoxy) is 1. The predicted molar refractivity (Wildman–Crippen MR) is 147 cm³/mol. The summed E-state index contributed by atoms with van der Waals surface area (Å²) in [6.07, 6.45) is 0.528. The van der Waals surface area contributed by atoms with Crippen molar-refractivity contribution >= 4 is 38.3 Å². The van der Waals surface area contributed by atoms with Gasteiger partial charge in [0.05, 0.1) is 21.7 Å². The molecule has 4 rings (SSSR count). The first-order valence-electron chi connectivity index (χ1n) is 12.3. The molecule has 0 fully saturated rings. The van der Waals surface area contributed by atoms with E-state index in [4.69, 9.17) is 21.3 Å². The van der Waals surface area contributed by atoms with Crippen LogP contribution in [0.25, 0.3) is 11.0 Å². The molecule has 1 aromatic heterocycles. The zero-order valence-corrected chi connectivity index (χ0v) is 23.1. The van der Waals surface area contributed by atoms with Gasteiger partial charge in [0.25, 0.3) is 0 Å². The zero-order valence-electron chi connectivity index (χ0n) is 21.5. The van der Waals surface area contributed by atoms with Crippen molar-refractivity contribution in [3.8, 4) is 5.75 Å². The summed E-state index contributed by atoms with van der Waals surface area (Å²) in [6, 6.07) is 19.7. The van der Waals surface area contributed by atoms with Crippen LogP contribution < -0.4 is 4.74 Å². The van der Waals surface area contributed by atoms with Gasteiger partial charge in [-0.05, 0) is 74.4 Å². The van der Waals surface area contributed by atoms with Gasteiger partial charge >= 0.3 is 0 Å². The van der Waals surface area contributed by atoms with E-state index >= 15 is 0 Å². The monoisotopic (exact) mass is 538 g/mol. The molecule has 194 valence electrons. The average Bonchev–Trinajstić information content (AvgIpc) is 3.24. The van der Waals surface area contributed by atoms with Crippen molar-refractivity contribution in [3.05, 3.63) is 88.7 Å². The number of halogens is 1. The lowest BCUT2D eigenvalue weighted by Gasteiger charge is -2.26. The Morgan fingerprint density at radius 2 is 1.54 bits per heavy atom. The summed E-state index contributed by atoms with van der Waals surface area (Å²) >= 11 is 6.21. The lowest BCUT2D eigenvalue weighted by atomic mass is 10.0. The maximum absolute atomic E-state index is 12.6. The Hall–Kier alpha value is -3.16. The van der Waals surface area contributed by atoms with Crippen molar-refractivity contribution in [1.29, 1.82) is 0 Å². The van der Waals surface area contributed by atoms with E-state index in [1.165, 1.54) is 0 Å². The van der Waals surface area contributed by atoms with Crippen molar-refractivity contribution < 1.29 is 17.9 Å². The Morgan fingerprint density at radius 1 is 0.946 bits per heavy atom. The first-order valence-corrected chi connectivity index (χ1v) is 14.3. The fraction of sp³-hybridized carbons (Fsp3) is 0.310. The fourth-order valence-electron chi connectivity index (χ4n) is 4.39. The molecule has 8 heteroatoms. The number of rotatable bonds is 10. The second-order valence-electron chi connectivity index (χ2n) is 9.51. The Balaban J connectivity index is 1.42. The van der Waals surface area contributed by atoms with Gasteiger partial charge in [0.2, 0.25) is 0 Å². The van der Waals surface area contributed by atoms with Gasteiger partial charge in [-0.15, -0.1) is 0 Å². The summed E-state index contributed by atoms with van der Waals surface area (Å²) < 4.78 is 32.4. The van der Waals surface area contributed by atoms with Crippen LogP contribution in [0.1, 0.15) is 44.6 Å². The van der Waals surface area contributed by atoms with Crippen LogP contribution in [0.4, 0.5) is 0 Å². The third kappa shape index (κ3) is 6.05. The highest BCUT2D eigenvalue weighted by molar-refractivity contribution is 7.91.